The molecule has 0 bridgehead atoms. The molecule has 0 atom stereocenters. The quantitative estimate of drug-likeness (QED) is 0.823. The molecule has 0 saturated carbocycles. The predicted octanol–water partition coefficient (Wildman–Crippen LogP) is 3.10. The molecule has 0 saturated heterocycles. The van der Waals surface area contributed by atoms with E-state index >= 15 is 0 Å². The first kappa shape index (κ1) is 14.8. The number of para-hydroxylation sites is 1. The van der Waals surface area contributed by atoms with Crippen LogP contribution in [0.2, 0.25) is 0 Å². The minimum absolute atomic E-state index is 0.218. The van der Waals surface area contributed by atoms with Crippen LogP contribution < -0.4 is 10.1 Å². The minimum Gasteiger partial charge on any atom is -0.504 e. The molecule has 0 aliphatic rings. The SMILES string of the molecule is CCOc1cccc(CNCc2ncc(CC)s2)c1O. The highest BCUT2D eigenvalue weighted by Gasteiger charge is 2.07. The number of phenols is 1. The summed E-state index contributed by atoms with van der Waals surface area (Å²) in [6.45, 7) is 5.88. The molecule has 2 rings (SSSR count). The van der Waals surface area contributed by atoms with Crippen molar-refractivity contribution in [2.45, 2.75) is 33.4 Å². The van der Waals surface area contributed by atoms with Crippen LogP contribution in [-0.4, -0.2) is 16.7 Å². The highest BCUT2D eigenvalue weighted by Crippen LogP contribution is 2.29. The van der Waals surface area contributed by atoms with Crippen LogP contribution in [0.15, 0.2) is 24.4 Å². The summed E-state index contributed by atoms with van der Waals surface area (Å²) in [5.74, 6) is 0.754. The van der Waals surface area contributed by atoms with Gasteiger partial charge in [0.2, 0.25) is 0 Å². The van der Waals surface area contributed by atoms with Gasteiger partial charge in [-0.25, -0.2) is 4.98 Å². The molecule has 0 spiro atoms. The zero-order chi connectivity index (χ0) is 14.4. The number of nitrogens with zero attached hydrogens (tertiary/aromatic N) is 1. The van der Waals surface area contributed by atoms with Crippen molar-refractivity contribution in [3.8, 4) is 11.5 Å². The van der Waals surface area contributed by atoms with Crippen molar-refractivity contribution >= 4 is 11.3 Å². The highest BCUT2D eigenvalue weighted by molar-refractivity contribution is 7.11. The summed E-state index contributed by atoms with van der Waals surface area (Å²) in [5.41, 5.74) is 0.836. The number of aromatic hydroxyl groups is 1. The largest absolute Gasteiger partial charge is 0.504 e. The van der Waals surface area contributed by atoms with Gasteiger partial charge in [0.05, 0.1) is 6.61 Å². The van der Waals surface area contributed by atoms with E-state index in [-0.39, 0.29) is 5.75 Å². The Morgan fingerprint density at radius 1 is 1.30 bits per heavy atom. The molecule has 20 heavy (non-hydrogen) atoms. The van der Waals surface area contributed by atoms with Crippen molar-refractivity contribution in [1.82, 2.24) is 10.3 Å². The van der Waals surface area contributed by atoms with E-state index in [9.17, 15) is 5.11 Å². The maximum atomic E-state index is 10.1. The Morgan fingerprint density at radius 3 is 2.85 bits per heavy atom. The first-order chi connectivity index (χ1) is 9.74. The van der Waals surface area contributed by atoms with Crippen LogP contribution in [0.3, 0.4) is 0 Å². The van der Waals surface area contributed by atoms with Crippen LogP contribution in [0.5, 0.6) is 11.5 Å². The molecule has 5 heteroatoms. The van der Waals surface area contributed by atoms with E-state index in [0.717, 1.165) is 17.0 Å². The van der Waals surface area contributed by atoms with Gasteiger partial charge < -0.3 is 15.2 Å². The van der Waals surface area contributed by atoms with Gasteiger partial charge in [0, 0.05) is 29.7 Å². The third kappa shape index (κ3) is 3.71. The third-order valence-electron chi connectivity index (χ3n) is 2.92. The van der Waals surface area contributed by atoms with Crippen LogP contribution in [0.4, 0.5) is 0 Å². The van der Waals surface area contributed by atoms with Crippen LogP contribution in [-0.2, 0) is 19.5 Å². The lowest BCUT2D eigenvalue weighted by Crippen LogP contribution is -2.12. The Morgan fingerprint density at radius 2 is 2.15 bits per heavy atom. The van der Waals surface area contributed by atoms with Crippen LogP contribution in [0, 0.1) is 0 Å². The van der Waals surface area contributed by atoms with Crippen molar-refractivity contribution in [1.29, 1.82) is 0 Å². The number of benzene rings is 1. The van der Waals surface area contributed by atoms with Crippen LogP contribution >= 0.6 is 11.3 Å². The molecular weight excluding hydrogens is 272 g/mol. The van der Waals surface area contributed by atoms with Crippen molar-refractivity contribution in [2.24, 2.45) is 0 Å². The number of phenolic OH excluding ortho intramolecular Hbond substituents is 1. The van der Waals surface area contributed by atoms with Crippen molar-refractivity contribution in [2.75, 3.05) is 6.61 Å². The maximum absolute atomic E-state index is 10.1. The number of aromatic nitrogens is 1. The van der Waals surface area contributed by atoms with Gasteiger partial charge in [-0.15, -0.1) is 11.3 Å². The van der Waals surface area contributed by atoms with Crippen molar-refractivity contribution in [3.63, 3.8) is 0 Å². The molecule has 0 unspecified atom stereocenters. The standard InChI is InChI=1S/C15H20N2O2S/c1-3-12-9-17-14(20-12)10-16-8-11-6-5-7-13(15(11)18)19-4-2/h5-7,9,16,18H,3-4,8,10H2,1-2H3. The lowest BCUT2D eigenvalue weighted by Gasteiger charge is -2.10. The summed E-state index contributed by atoms with van der Waals surface area (Å²) in [4.78, 5) is 5.65. The topological polar surface area (TPSA) is 54.4 Å². The number of rotatable bonds is 7. The van der Waals surface area contributed by atoms with E-state index in [4.69, 9.17) is 4.74 Å². The molecule has 0 amide bonds. The molecule has 1 aromatic carbocycles. The van der Waals surface area contributed by atoms with Gasteiger partial charge in [0.1, 0.15) is 5.01 Å². The number of thiazole rings is 1. The number of ether oxygens (including phenoxy) is 1. The van der Waals surface area contributed by atoms with Crippen LogP contribution in [0.25, 0.3) is 0 Å². The van der Waals surface area contributed by atoms with Gasteiger partial charge in [-0.05, 0) is 19.4 Å². The molecule has 2 N–H and O–H groups in total. The number of nitrogens with one attached hydrogen (secondary N) is 1. The lowest BCUT2D eigenvalue weighted by atomic mass is 10.2. The van der Waals surface area contributed by atoms with E-state index in [0.29, 0.717) is 25.4 Å². The Labute approximate surface area is 123 Å². The summed E-state index contributed by atoms with van der Waals surface area (Å²) in [5, 5.41) is 14.5. The van der Waals surface area contributed by atoms with E-state index < -0.39 is 0 Å². The molecular formula is C15H20N2O2S. The molecule has 0 aliphatic carbocycles. The molecule has 2 aromatic rings. The number of hydrogen-bond acceptors (Lipinski definition) is 5. The maximum Gasteiger partial charge on any atom is 0.162 e. The second kappa shape index (κ2) is 7.26. The van der Waals surface area contributed by atoms with Crippen LogP contribution in [0.1, 0.15) is 29.3 Å². The fourth-order valence-electron chi connectivity index (χ4n) is 1.88. The van der Waals surface area contributed by atoms with Gasteiger partial charge in [-0.1, -0.05) is 19.1 Å². The normalized spacial score (nSPS) is 10.7. The Balaban J connectivity index is 1.92. The summed E-state index contributed by atoms with van der Waals surface area (Å²) < 4.78 is 5.37. The minimum atomic E-state index is 0.218. The fourth-order valence-corrected chi connectivity index (χ4v) is 2.71. The second-order valence-corrected chi connectivity index (χ2v) is 5.57. The summed E-state index contributed by atoms with van der Waals surface area (Å²) in [7, 11) is 0. The van der Waals surface area contributed by atoms with E-state index in [2.05, 4.69) is 17.2 Å². The molecule has 4 nitrogen and oxygen atoms in total. The van der Waals surface area contributed by atoms with Crippen molar-refractivity contribution in [3.05, 3.63) is 39.8 Å². The fraction of sp³-hybridized carbons (Fsp3) is 0.400. The van der Waals surface area contributed by atoms with E-state index in [1.165, 1.54) is 4.88 Å². The van der Waals surface area contributed by atoms with Crippen molar-refractivity contribution < 1.29 is 9.84 Å². The molecule has 0 fully saturated rings. The molecule has 1 heterocycles. The number of hydrogen-bond donors (Lipinski definition) is 2. The average molecular weight is 292 g/mol. The zero-order valence-corrected chi connectivity index (χ0v) is 12.7. The third-order valence-corrected chi connectivity index (χ3v) is 4.07. The lowest BCUT2D eigenvalue weighted by molar-refractivity contribution is 0.316. The second-order valence-electron chi connectivity index (χ2n) is 4.37. The van der Waals surface area contributed by atoms with Gasteiger partial charge in [-0.2, -0.15) is 0 Å². The smallest absolute Gasteiger partial charge is 0.162 e. The average Bonchev–Trinajstić information content (AvgIpc) is 2.91. The first-order valence-corrected chi connectivity index (χ1v) is 7.64. The van der Waals surface area contributed by atoms with E-state index in [1.807, 2.05) is 25.3 Å². The predicted molar refractivity (Wildman–Crippen MR) is 81.3 cm³/mol. The number of aryl methyl sites for hydroxylation is 1. The van der Waals surface area contributed by atoms with Gasteiger partial charge in [-0.3, -0.25) is 0 Å². The summed E-state index contributed by atoms with van der Waals surface area (Å²) in [6, 6.07) is 5.56. The molecule has 108 valence electrons. The van der Waals surface area contributed by atoms with Gasteiger partial charge in [0.15, 0.2) is 11.5 Å². The monoisotopic (exact) mass is 292 g/mol. The Hall–Kier alpha value is -1.59. The Bertz CT molecular complexity index is 555. The van der Waals surface area contributed by atoms with E-state index in [1.54, 1.807) is 17.4 Å². The summed E-state index contributed by atoms with van der Waals surface area (Å²) in [6.07, 6.45) is 2.95. The zero-order valence-electron chi connectivity index (χ0n) is 11.8. The molecule has 0 aliphatic heterocycles. The first-order valence-electron chi connectivity index (χ1n) is 6.82. The highest BCUT2D eigenvalue weighted by atomic mass is 32.1. The summed E-state index contributed by atoms with van der Waals surface area (Å²) >= 11 is 1.72. The molecule has 0 radical (unpaired) electrons. The van der Waals surface area contributed by atoms with Gasteiger partial charge >= 0.3 is 0 Å². The van der Waals surface area contributed by atoms with Gasteiger partial charge in [0.25, 0.3) is 0 Å². The molecule has 1 aromatic heterocycles. The Kier molecular flexibility index (Phi) is 5.38.